The molecule has 0 aliphatic rings. The van der Waals surface area contributed by atoms with E-state index in [9.17, 15) is 19.8 Å². The minimum atomic E-state index is -0.666. The molecular weight excluding hydrogens is 863 g/mol. The molecule has 3 N–H and O–H groups in total. The van der Waals surface area contributed by atoms with Crippen LogP contribution in [0.1, 0.15) is 335 Å². The van der Waals surface area contributed by atoms with E-state index in [0.717, 1.165) is 51.4 Å². The highest BCUT2D eigenvalue weighted by molar-refractivity contribution is 5.76. The number of carbonyl (C=O) groups excluding carboxylic acids is 2. The summed E-state index contributed by atoms with van der Waals surface area (Å²) in [4.78, 5) is 24.5. The van der Waals surface area contributed by atoms with Gasteiger partial charge in [0, 0.05) is 12.8 Å². The number of hydrogen-bond acceptors (Lipinski definition) is 5. The van der Waals surface area contributed by atoms with Crippen molar-refractivity contribution in [3.63, 3.8) is 0 Å². The zero-order valence-corrected chi connectivity index (χ0v) is 47.0. The smallest absolute Gasteiger partial charge is 0.305 e. The molecule has 70 heavy (non-hydrogen) atoms. The molecule has 0 aromatic rings. The van der Waals surface area contributed by atoms with Gasteiger partial charge in [-0.3, -0.25) is 9.59 Å². The minimum absolute atomic E-state index is 0.00851. The molecule has 1 amide bonds. The molecule has 6 heteroatoms. The summed E-state index contributed by atoms with van der Waals surface area (Å²) in [6.45, 7) is 4.93. The molecule has 2 atom stereocenters. The van der Waals surface area contributed by atoms with Crippen LogP contribution in [0.25, 0.3) is 0 Å². The summed E-state index contributed by atoms with van der Waals surface area (Å²) < 4.78 is 5.50. The Balaban J connectivity index is 3.39. The lowest BCUT2D eigenvalue weighted by Gasteiger charge is -2.22. The van der Waals surface area contributed by atoms with Crippen LogP contribution in [-0.2, 0) is 14.3 Å². The second kappa shape index (κ2) is 59.6. The maximum absolute atomic E-state index is 12.4. The highest BCUT2D eigenvalue weighted by Gasteiger charge is 2.20. The molecule has 6 nitrogen and oxygen atoms in total. The van der Waals surface area contributed by atoms with Crippen molar-refractivity contribution in [2.45, 2.75) is 347 Å². The monoisotopic (exact) mass is 984 g/mol. The van der Waals surface area contributed by atoms with Crippen molar-refractivity contribution in [2.24, 2.45) is 0 Å². The Hall–Kier alpha value is -1.92. The molecule has 0 aliphatic carbocycles. The molecule has 412 valence electrons. The number of aliphatic hydroxyl groups is 2. The van der Waals surface area contributed by atoms with Crippen molar-refractivity contribution in [3.05, 3.63) is 36.5 Å². The van der Waals surface area contributed by atoms with Crippen molar-refractivity contribution in [2.75, 3.05) is 13.2 Å². The number of amides is 1. The average Bonchev–Trinajstić information content (AvgIpc) is 3.36. The number of ether oxygens (including phenoxy) is 1. The predicted octanol–water partition coefficient (Wildman–Crippen LogP) is 19.6. The zero-order valence-electron chi connectivity index (χ0n) is 47.0. The minimum Gasteiger partial charge on any atom is -0.466 e. The fourth-order valence-corrected chi connectivity index (χ4v) is 9.61. The summed E-state index contributed by atoms with van der Waals surface area (Å²) >= 11 is 0. The van der Waals surface area contributed by atoms with Gasteiger partial charge in [0.05, 0.1) is 25.4 Å². The van der Waals surface area contributed by atoms with Gasteiger partial charge in [-0.25, -0.2) is 0 Å². The van der Waals surface area contributed by atoms with Gasteiger partial charge < -0.3 is 20.3 Å². The molecule has 0 rings (SSSR count). The second-order valence-electron chi connectivity index (χ2n) is 21.4. The van der Waals surface area contributed by atoms with Gasteiger partial charge in [0.15, 0.2) is 0 Å². The van der Waals surface area contributed by atoms with Gasteiger partial charge in [-0.15, -0.1) is 0 Å². The van der Waals surface area contributed by atoms with Gasteiger partial charge in [-0.2, -0.15) is 0 Å². The van der Waals surface area contributed by atoms with Crippen LogP contribution in [-0.4, -0.2) is 47.4 Å². The third-order valence-electron chi connectivity index (χ3n) is 14.4. The van der Waals surface area contributed by atoms with Gasteiger partial charge in [0.25, 0.3) is 0 Å². The van der Waals surface area contributed by atoms with Crippen molar-refractivity contribution >= 4 is 11.9 Å². The fourth-order valence-electron chi connectivity index (χ4n) is 9.61. The van der Waals surface area contributed by atoms with Crippen LogP contribution in [0.15, 0.2) is 36.5 Å². The molecule has 0 fully saturated rings. The highest BCUT2D eigenvalue weighted by Crippen LogP contribution is 2.17. The molecule has 0 bridgehead atoms. The standard InChI is InChI=1S/C64H121NO5/c1-3-5-7-9-11-13-14-15-16-17-25-29-32-35-38-42-46-50-54-58-64(69)70-59-55-51-47-43-39-36-33-30-27-24-22-20-18-19-21-23-26-28-31-34-37-41-45-49-53-57-63(68)65-61(60-66)62(67)56-52-48-44-40-12-10-8-6-4-2/h15-16,19-22,61-62,66-67H,3-14,17-18,23-60H2,1-2H3,(H,65,68)/b16-15-,21-19-,22-20-. The lowest BCUT2D eigenvalue weighted by molar-refractivity contribution is -0.143. The van der Waals surface area contributed by atoms with Crippen molar-refractivity contribution in [3.8, 4) is 0 Å². The van der Waals surface area contributed by atoms with E-state index < -0.39 is 12.1 Å². The first-order valence-corrected chi connectivity index (χ1v) is 31.2. The number of carbonyl (C=O) groups is 2. The van der Waals surface area contributed by atoms with Crippen LogP contribution in [0.2, 0.25) is 0 Å². The van der Waals surface area contributed by atoms with E-state index in [1.54, 1.807) is 0 Å². The quantitative estimate of drug-likeness (QED) is 0.0321. The third kappa shape index (κ3) is 55.4. The topological polar surface area (TPSA) is 95.9 Å². The first kappa shape index (κ1) is 68.1. The summed E-state index contributed by atoms with van der Waals surface area (Å²) in [5, 5.41) is 23.1. The molecule has 0 saturated carbocycles. The SMILES string of the molecule is CCCCCCCC/C=C\CCCCCCCCCCCC(=O)OCCCCCCCCCCC/C=C\C/C=C\CCCCCCCCCCCC(=O)NC(CO)C(O)CCCCCCCCCCC. The van der Waals surface area contributed by atoms with Gasteiger partial charge in [-0.05, 0) is 83.5 Å². The predicted molar refractivity (Wildman–Crippen MR) is 306 cm³/mol. The number of rotatable bonds is 58. The Morgan fingerprint density at radius 3 is 1.10 bits per heavy atom. The molecule has 0 aromatic carbocycles. The summed E-state index contributed by atoms with van der Waals surface area (Å²) in [6, 6.07) is -0.544. The Morgan fingerprint density at radius 2 is 0.714 bits per heavy atom. The van der Waals surface area contributed by atoms with E-state index in [1.165, 1.54) is 250 Å². The lowest BCUT2D eigenvalue weighted by Crippen LogP contribution is -2.45. The number of aliphatic hydroxyl groups excluding tert-OH is 2. The van der Waals surface area contributed by atoms with E-state index >= 15 is 0 Å². The highest BCUT2D eigenvalue weighted by atomic mass is 16.5. The molecule has 0 heterocycles. The first-order chi connectivity index (χ1) is 34.5. The summed E-state index contributed by atoms with van der Waals surface area (Å²) in [5.41, 5.74) is 0. The van der Waals surface area contributed by atoms with Gasteiger partial charge >= 0.3 is 5.97 Å². The van der Waals surface area contributed by atoms with E-state index in [2.05, 4.69) is 55.6 Å². The van der Waals surface area contributed by atoms with Gasteiger partial charge in [0.2, 0.25) is 5.91 Å². The molecule has 0 radical (unpaired) electrons. The third-order valence-corrected chi connectivity index (χ3v) is 14.4. The number of unbranched alkanes of at least 4 members (excludes halogenated alkanes) is 41. The molecule has 0 spiro atoms. The molecular formula is C64H121NO5. The normalized spacial score (nSPS) is 12.8. The van der Waals surface area contributed by atoms with Gasteiger partial charge in [0.1, 0.15) is 0 Å². The Bertz CT molecular complexity index is 1130. The maximum atomic E-state index is 12.4. The van der Waals surface area contributed by atoms with Crippen molar-refractivity contribution in [1.82, 2.24) is 5.32 Å². The number of nitrogens with one attached hydrogen (secondary N) is 1. The molecule has 0 saturated heterocycles. The van der Waals surface area contributed by atoms with E-state index in [-0.39, 0.29) is 18.5 Å². The summed E-state index contributed by atoms with van der Waals surface area (Å²) in [6.07, 6.45) is 74.5. The fraction of sp³-hybridized carbons (Fsp3) is 0.875. The second-order valence-corrected chi connectivity index (χ2v) is 21.4. The maximum Gasteiger partial charge on any atom is 0.305 e. The van der Waals surface area contributed by atoms with Crippen LogP contribution in [0, 0.1) is 0 Å². The van der Waals surface area contributed by atoms with Crippen LogP contribution >= 0.6 is 0 Å². The van der Waals surface area contributed by atoms with Crippen LogP contribution in [0.3, 0.4) is 0 Å². The van der Waals surface area contributed by atoms with Gasteiger partial charge in [-0.1, -0.05) is 275 Å². The lowest BCUT2D eigenvalue weighted by atomic mass is 10.0. The van der Waals surface area contributed by atoms with E-state index in [4.69, 9.17) is 4.74 Å². The van der Waals surface area contributed by atoms with Crippen LogP contribution in [0.5, 0.6) is 0 Å². The van der Waals surface area contributed by atoms with Crippen LogP contribution in [0.4, 0.5) is 0 Å². The van der Waals surface area contributed by atoms with Crippen molar-refractivity contribution < 1.29 is 24.5 Å². The number of hydrogen-bond donors (Lipinski definition) is 3. The summed E-state index contributed by atoms with van der Waals surface area (Å²) in [7, 11) is 0. The van der Waals surface area contributed by atoms with Crippen molar-refractivity contribution in [1.29, 1.82) is 0 Å². The first-order valence-electron chi connectivity index (χ1n) is 31.2. The van der Waals surface area contributed by atoms with E-state index in [1.807, 2.05) is 0 Å². The Morgan fingerprint density at radius 1 is 0.400 bits per heavy atom. The molecule has 0 aliphatic heterocycles. The summed E-state index contributed by atoms with van der Waals surface area (Å²) in [5.74, 6) is -0.0348. The largest absolute Gasteiger partial charge is 0.466 e. The van der Waals surface area contributed by atoms with E-state index in [0.29, 0.717) is 25.9 Å². The Kier molecular flexibility index (Phi) is 58.0. The molecule has 2 unspecified atom stereocenters. The van der Waals surface area contributed by atoms with Crippen LogP contribution < -0.4 is 5.32 Å². The number of esters is 1. The zero-order chi connectivity index (χ0) is 50.7. The average molecular weight is 985 g/mol. The molecule has 0 aromatic heterocycles. The Labute approximate surface area is 436 Å². The number of allylic oxidation sites excluding steroid dienone is 6.